The topological polar surface area (TPSA) is 55.2 Å². The van der Waals surface area contributed by atoms with Crippen molar-refractivity contribution in [2.75, 3.05) is 19.0 Å². The number of rotatable bonds is 4. The molecule has 1 saturated heterocycles. The molecular formula is C11H17Cl2N3O2S. The van der Waals surface area contributed by atoms with Crippen LogP contribution in [0.5, 0.6) is 0 Å². The summed E-state index contributed by atoms with van der Waals surface area (Å²) >= 11 is 11.7. The SMILES string of the molecule is Cn1ncc(Cl)c1S(=O)(=O)N1CCCC(CCCl)C1. The molecule has 0 aromatic carbocycles. The van der Waals surface area contributed by atoms with E-state index >= 15 is 0 Å². The van der Waals surface area contributed by atoms with Gasteiger partial charge in [0.2, 0.25) is 0 Å². The molecule has 1 fully saturated rings. The number of hydrogen-bond donors (Lipinski definition) is 0. The molecule has 1 unspecified atom stereocenters. The van der Waals surface area contributed by atoms with Crippen LogP contribution in [0.3, 0.4) is 0 Å². The fraction of sp³-hybridized carbons (Fsp3) is 0.727. The van der Waals surface area contributed by atoms with Crippen molar-refractivity contribution in [1.82, 2.24) is 14.1 Å². The number of aryl methyl sites for hydroxylation is 1. The summed E-state index contributed by atoms with van der Waals surface area (Å²) in [6, 6.07) is 0. The summed E-state index contributed by atoms with van der Waals surface area (Å²) in [4.78, 5) is 0. The van der Waals surface area contributed by atoms with Gasteiger partial charge in [-0.3, -0.25) is 4.68 Å². The maximum absolute atomic E-state index is 12.6. The zero-order valence-corrected chi connectivity index (χ0v) is 13.0. The average molecular weight is 326 g/mol. The highest BCUT2D eigenvalue weighted by Crippen LogP contribution is 2.28. The number of alkyl halides is 1. The van der Waals surface area contributed by atoms with E-state index in [0.29, 0.717) is 24.9 Å². The van der Waals surface area contributed by atoms with Gasteiger partial charge < -0.3 is 0 Å². The van der Waals surface area contributed by atoms with E-state index < -0.39 is 10.0 Å². The van der Waals surface area contributed by atoms with Crippen LogP contribution in [0, 0.1) is 5.92 Å². The summed E-state index contributed by atoms with van der Waals surface area (Å²) in [5.41, 5.74) is 0. The highest BCUT2D eigenvalue weighted by atomic mass is 35.5. The minimum absolute atomic E-state index is 0.0701. The van der Waals surface area contributed by atoms with Crippen molar-refractivity contribution in [2.45, 2.75) is 24.3 Å². The molecule has 108 valence electrons. The van der Waals surface area contributed by atoms with Crippen LogP contribution in [0.2, 0.25) is 5.02 Å². The Kier molecular flexibility index (Phi) is 4.76. The zero-order valence-electron chi connectivity index (χ0n) is 10.7. The minimum Gasteiger partial charge on any atom is -0.255 e. The van der Waals surface area contributed by atoms with Gasteiger partial charge in [0.1, 0.15) is 0 Å². The van der Waals surface area contributed by atoms with E-state index in [9.17, 15) is 8.42 Å². The van der Waals surface area contributed by atoms with E-state index in [2.05, 4.69) is 5.10 Å². The highest BCUT2D eigenvalue weighted by molar-refractivity contribution is 7.89. The van der Waals surface area contributed by atoms with E-state index in [1.165, 1.54) is 15.2 Å². The van der Waals surface area contributed by atoms with Crippen LogP contribution in [0.1, 0.15) is 19.3 Å². The first-order valence-electron chi connectivity index (χ1n) is 6.20. The lowest BCUT2D eigenvalue weighted by Gasteiger charge is -2.31. The summed E-state index contributed by atoms with van der Waals surface area (Å²) in [7, 11) is -1.99. The molecule has 19 heavy (non-hydrogen) atoms. The molecule has 0 aliphatic carbocycles. The van der Waals surface area contributed by atoms with Crippen molar-refractivity contribution in [1.29, 1.82) is 0 Å². The number of hydrogen-bond acceptors (Lipinski definition) is 3. The Bertz CT molecular complexity index is 523. The summed E-state index contributed by atoms with van der Waals surface area (Å²) in [5.74, 6) is 0.887. The first kappa shape index (κ1) is 15.1. The quantitative estimate of drug-likeness (QED) is 0.796. The molecule has 1 atom stereocenters. The molecule has 0 bridgehead atoms. The van der Waals surface area contributed by atoms with Crippen LogP contribution < -0.4 is 0 Å². The number of nitrogens with zero attached hydrogens (tertiary/aromatic N) is 3. The number of piperidine rings is 1. The van der Waals surface area contributed by atoms with E-state index in [0.717, 1.165) is 19.3 Å². The smallest absolute Gasteiger partial charge is 0.255 e. The molecule has 0 amide bonds. The van der Waals surface area contributed by atoms with Gasteiger partial charge in [-0.1, -0.05) is 11.6 Å². The lowest BCUT2D eigenvalue weighted by atomic mass is 9.97. The summed E-state index contributed by atoms with van der Waals surface area (Å²) in [6.45, 7) is 1.04. The van der Waals surface area contributed by atoms with E-state index in [1.807, 2.05) is 0 Å². The Morgan fingerprint density at radius 3 is 2.84 bits per heavy atom. The Labute approximate surface area is 123 Å². The van der Waals surface area contributed by atoms with Crippen molar-refractivity contribution in [3.8, 4) is 0 Å². The van der Waals surface area contributed by atoms with E-state index in [4.69, 9.17) is 23.2 Å². The predicted molar refractivity (Wildman–Crippen MR) is 75.0 cm³/mol. The standard InChI is InChI=1S/C11H17Cl2N3O2S/c1-15-11(10(13)7-14-15)19(17,18)16-6-2-3-9(8-16)4-5-12/h7,9H,2-6,8H2,1H3. The molecule has 1 aliphatic rings. The van der Waals surface area contributed by atoms with Gasteiger partial charge in [0.15, 0.2) is 5.03 Å². The van der Waals surface area contributed by atoms with Crippen LogP contribution in [0.25, 0.3) is 0 Å². The molecule has 1 aromatic rings. The lowest BCUT2D eigenvalue weighted by Crippen LogP contribution is -2.40. The highest BCUT2D eigenvalue weighted by Gasteiger charge is 2.33. The van der Waals surface area contributed by atoms with Crippen molar-refractivity contribution in [3.05, 3.63) is 11.2 Å². The van der Waals surface area contributed by atoms with Crippen molar-refractivity contribution in [2.24, 2.45) is 13.0 Å². The van der Waals surface area contributed by atoms with Gasteiger partial charge in [0.25, 0.3) is 10.0 Å². The van der Waals surface area contributed by atoms with E-state index in [-0.39, 0.29) is 10.0 Å². The summed E-state index contributed by atoms with van der Waals surface area (Å²) < 4.78 is 28.0. The van der Waals surface area contributed by atoms with Crippen LogP contribution in [0.4, 0.5) is 0 Å². The molecular weight excluding hydrogens is 309 g/mol. The lowest BCUT2D eigenvalue weighted by molar-refractivity contribution is 0.261. The maximum Gasteiger partial charge on any atom is 0.261 e. The van der Waals surface area contributed by atoms with Crippen LogP contribution in [-0.2, 0) is 17.1 Å². The Hall–Kier alpha value is -0.300. The van der Waals surface area contributed by atoms with Crippen LogP contribution in [-0.4, -0.2) is 41.5 Å². The van der Waals surface area contributed by atoms with E-state index in [1.54, 1.807) is 7.05 Å². The number of aromatic nitrogens is 2. The first-order chi connectivity index (χ1) is 8.96. The predicted octanol–water partition coefficient (Wildman–Crippen LogP) is 2.10. The monoisotopic (exact) mass is 325 g/mol. The van der Waals surface area contributed by atoms with Gasteiger partial charge in [-0.05, 0) is 25.2 Å². The maximum atomic E-state index is 12.6. The normalized spacial score (nSPS) is 21.7. The van der Waals surface area contributed by atoms with Crippen LogP contribution >= 0.6 is 23.2 Å². The number of halogens is 2. The van der Waals surface area contributed by atoms with Gasteiger partial charge in [-0.25, -0.2) is 8.42 Å². The third kappa shape index (κ3) is 3.07. The molecule has 8 heteroatoms. The van der Waals surface area contributed by atoms with Crippen molar-refractivity contribution >= 4 is 33.2 Å². The van der Waals surface area contributed by atoms with Gasteiger partial charge in [0.05, 0.1) is 11.2 Å². The van der Waals surface area contributed by atoms with Crippen molar-refractivity contribution < 1.29 is 8.42 Å². The molecule has 1 aromatic heterocycles. The Balaban J connectivity index is 2.25. The molecule has 0 saturated carbocycles. The summed E-state index contributed by atoms with van der Waals surface area (Å²) in [5, 5.41) is 4.13. The van der Waals surface area contributed by atoms with Gasteiger partial charge in [0, 0.05) is 26.0 Å². The fourth-order valence-electron chi connectivity index (χ4n) is 2.45. The molecule has 5 nitrogen and oxygen atoms in total. The third-order valence-corrected chi connectivity index (χ3v) is 6.02. The second-order valence-electron chi connectivity index (χ2n) is 4.77. The second-order valence-corrected chi connectivity index (χ2v) is 7.41. The average Bonchev–Trinajstić information content (AvgIpc) is 2.70. The second kappa shape index (κ2) is 5.99. The van der Waals surface area contributed by atoms with Crippen molar-refractivity contribution in [3.63, 3.8) is 0 Å². The molecule has 2 rings (SSSR count). The largest absolute Gasteiger partial charge is 0.261 e. The Morgan fingerprint density at radius 1 is 1.53 bits per heavy atom. The minimum atomic E-state index is -3.57. The molecule has 1 aliphatic heterocycles. The van der Waals surface area contributed by atoms with Gasteiger partial charge >= 0.3 is 0 Å². The molecule has 0 spiro atoms. The van der Waals surface area contributed by atoms with Gasteiger partial charge in [-0.15, -0.1) is 11.6 Å². The fourth-order valence-corrected chi connectivity index (χ4v) is 4.92. The molecule has 0 radical (unpaired) electrons. The van der Waals surface area contributed by atoms with Gasteiger partial charge in [-0.2, -0.15) is 9.40 Å². The third-order valence-electron chi connectivity index (χ3n) is 3.43. The van der Waals surface area contributed by atoms with Crippen LogP contribution in [0.15, 0.2) is 11.2 Å². The molecule has 0 N–H and O–H groups in total. The molecule has 2 heterocycles. The number of sulfonamides is 1. The summed E-state index contributed by atoms with van der Waals surface area (Å²) in [6.07, 6.45) is 4.08. The first-order valence-corrected chi connectivity index (χ1v) is 8.55. The zero-order chi connectivity index (χ0) is 14.0. The Morgan fingerprint density at radius 2 is 2.26 bits per heavy atom.